The third-order valence-electron chi connectivity index (χ3n) is 3.94. The van der Waals surface area contributed by atoms with Crippen LogP contribution in [0.1, 0.15) is 28.8 Å². The van der Waals surface area contributed by atoms with Gasteiger partial charge in [0.25, 0.3) is 5.91 Å². The van der Waals surface area contributed by atoms with Crippen molar-refractivity contribution in [2.24, 2.45) is 0 Å². The van der Waals surface area contributed by atoms with Crippen molar-refractivity contribution in [2.75, 3.05) is 16.0 Å². The van der Waals surface area contributed by atoms with Gasteiger partial charge in [-0.3, -0.25) is 9.59 Å². The summed E-state index contributed by atoms with van der Waals surface area (Å²) >= 11 is 0. The van der Waals surface area contributed by atoms with Crippen molar-refractivity contribution in [3.05, 3.63) is 71.7 Å². The molecule has 0 aliphatic carbocycles. The number of nitrogens with one attached hydrogen (secondary N) is 3. The number of hydrogen-bond acceptors (Lipinski definition) is 5. The van der Waals surface area contributed by atoms with E-state index in [2.05, 4.69) is 25.9 Å². The largest absolute Gasteiger partial charge is 0.340 e. The van der Waals surface area contributed by atoms with Gasteiger partial charge >= 0.3 is 0 Å². The number of hydrogen-bond donors (Lipinski definition) is 3. The summed E-state index contributed by atoms with van der Waals surface area (Å²) in [5.41, 5.74) is 3.46. The lowest BCUT2D eigenvalue weighted by Gasteiger charge is -2.11. The molecule has 0 saturated heterocycles. The first kappa shape index (κ1) is 19.0. The molecule has 0 unspecified atom stereocenters. The molecule has 0 aliphatic heterocycles. The highest BCUT2D eigenvalue weighted by molar-refractivity contribution is 6.03. The lowest BCUT2D eigenvalue weighted by Crippen LogP contribution is -2.16. The van der Waals surface area contributed by atoms with E-state index in [4.69, 9.17) is 0 Å². The molecule has 1 heterocycles. The SMILES string of the molecule is CC(=O)Nc1ccc(Nc2cc(C(=O)Nc3ccccc3C)nc(C)n2)cc1. The second-order valence-electron chi connectivity index (χ2n) is 6.34. The van der Waals surface area contributed by atoms with Crippen LogP contribution in [0.2, 0.25) is 0 Å². The molecule has 3 N–H and O–H groups in total. The maximum absolute atomic E-state index is 12.6. The molecule has 7 heteroatoms. The van der Waals surface area contributed by atoms with Crippen LogP contribution >= 0.6 is 0 Å². The van der Waals surface area contributed by atoms with Crippen molar-refractivity contribution >= 4 is 34.7 Å². The summed E-state index contributed by atoms with van der Waals surface area (Å²) in [6, 6.07) is 16.3. The first-order valence-electron chi connectivity index (χ1n) is 8.78. The van der Waals surface area contributed by atoms with Crippen LogP contribution in [0.5, 0.6) is 0 Å². The highest BCUT2D eigenvalue weighted by Crippen LogP contribution is 2.19. The van der Waals surface area contributed by atoms with Gasteiger partial charge in [0.2, 0.25) is 5.91 Å². The summed E-state index contributed by atoms with van der Waals surface area (Å²) in [4.78, 5) is 32.3. The summed E-state index contributed by atoms with van der Waals surface area (Å²) in [7, 11) is 0. The van der Waals surface area contributed by atoms with Crippen molar-refractivity contribution in [3.63, 3.8) is 0 Å². The normalized spacial score (nSPS) is 10.2. The van der Waals surface area contributed by atoms with Gasteiger partial charge in [-0.15, -0.1) is 0 Å². The number of aromatic nitrogens is 2. The van der Waals surface area contributed by atoms with Crippen LogP contribution in [-0.2, 0) is 4.79 Å². The Morgan fingerprint density at radius 3 is 2.21 bits per heavy atom. The highest BCUT2D eigenvalue weighted by atomic mass is 16.2. The molecule has 0 bridgehead atoms. The van der Waals surface area contributed by atoms with Gasteiger partial charge in [-0.05, 0) is 49.7 Å². The molecule has 0 radical (unpaired) electrons. The van der Waals surface area contributed by atoms with Gasteiger partial charge in [0.1, 0.15) is 17.3 Å². The van der Waals surface area contributed by atoms with Crippen molar-refractivity contribution in [1.82, 2.24) is 9.97 Å². The van der Waals surface area contributed by atoms with Crippen LogP contribution < -0.4 is 16.0 Å². The second-order valence-corrected chi connectivity index (χ2v) is 6.34. The Balaban J connectivity index is 1.76. The zero-order valence-electron chi connectivity index (χ0n) is 15.9. The van der Waals surface area contributed by atoms with Crippen molar-refractivity contribution < 1.29 is 9.59 Å². The van der Waals surface area contributed by atoms with Crippen LogP contribution in [0.25, 0.3) is 0 Å². The number of aryl methyl sites for hydroxylation is 2. The molecule has 2 amide bonds. The molecular weight excluding hydrogens is 354 g/mol. The number of anilines is 4. The minimum absolute atomic E-state index is 0.128. The van der Waals surface area contributed by atoms with Gasteiger partial charge in [-0.2, -0.15) is 0 Å². The lowest BCUT2D eigenvalue weighted by molar-refractivity contribution is -0.114. The Hall–Kier alpha value is -3.74. The number of carbonyl (C=O) groups is 2. The van der Waals surface area contributed by atoms with Crippen molar-refractivity contribution in [2.45, 2.75) is 20.8 Å². The first-order chi connectivity index (χ1) is 13.4. The van der Waals surface area contributed by atoms with E-state index in [0.717, 1.165) is 16.9 Å². The quantitative estimate of drug-likeness (QED) is 0.625. The summed E-state index contributed by atoms with van der Waals surface area (Å²) in [6.45, 7) is 5.12. The van der Waals surface area contributed by atoms with Crippen molar-refractivity contribution in [1.29, 1.82) is 0 Å². The summed E-state index contributed by atoms with van der Waals surface area (Å²) in [5, 5.41) is 8.74. The Morgan fingerprint density at radius 1 is 0.857 bits per heavy atom. The highest BCUT2D eigenvalue weighted by Gasteiger charge is 2.12. The maximum Gasteiger partial charge on any atom is 0.274 e. The average Bonchev–Trinajstić information content (AvgIpc) is 2.64. The zero-order valence-corrected chi connectivity index (χ0v) is 15.9. The van der Waals surface area contributed by atoms with Crippen LogP contribution in [-0.4, -0.2) is 21.8 Å². The Morgan fingerprint density at radius 2 is 1.54 bits per heavy atom. The second kappa shape index (κ2) is 8.30. The molecule has 0 saturated carbocycles. The number of para-hydroxylation sites is 1. The predicted molar refractivity (Wildman–Crippen MR) is 110 cm³/mol. The van der Waals surface area contributed by atoms with E-state index in [-0.39, 0.29) is 17.5 Å². The van der Waals surface area contributed by atoms with Gasteiger partial charge in [0.05, 0.1) is 0 Å². The number of carbonyl (C=O) groups excluding carboxylic acids is 2. The van der Waals surface area contributed by atoms with Crippen LogP contribution in [0.3, 0.4) is 0 Å². The number of rotatable bonds is 5. The minimum atomic E-state index is -0.302. The summed E-state index contributed by atoms with van der Waals surface area (Å²) in [6.07, 6.45) is 0. The fraction of sp³-hybridized carbons (Fsp3) is 0.143. The van der Waals surface area contributed by atoms with Gasteiger partial charge < -0.3 is 16.0 Å². The van der Waals surface area contributed by atoms with Gasteiger partial charge in [-0.1, -0.05) is 18.2 Å². The third-order valence-corrected chi connectivity index (χ3v) is 3.94. The Labute approximate surface area is 163 Å². The number of nitrogens with zero attached hydrogens (tertiary/aromatic N) is 2. The molecule has 0 atom stereocenters. The van der Waals surface area contributed by atoms with Crippen molar-refractivity contribution in [3.8, 4) is 0 Å². The van der Waals surface area contributed by atoms with Crippen LogP contribution in [0.15, 0.2) is 54.6 Å². The molecule has 142 valence electrons. The smallest absolute Gasteiger partial charge is 0.274 e. The van der Waals surface area contributed by atoms with E-state index in [9.17, 15) is 9.59 Å². The topological polar surface area (TPSA) is 96.0 Å². The molecule has 3 aromatic rings. The molecule has 3 rings (SSSR count). The van der Waals surface area contributed by atoms with Crippen LogP contribution in [0.4, 0.5) is 22.9 Å². The van der Waals surface area contributed by atoms with E-state index < -0.39 is 0 Å². The summed E-state index contributed by atoms with van der Waals surface area (Å²) < 4.78 is 0. The third kappa shape index (κ3) is 4.91. The van der Waals surface area contributed by atoms with E-state index in [1.807, 2.05) is 43.3 Å². The molecule has 1 aromatic heterocycles. The Bertz CT molecular complexity index is 1020. The van der Waals surface area contributed by atoms with E-state index in [1.54, 1.807) is 25.1 Å². The minimum Gasteiger partial charge on any atom is -0.340 e. The zero-order chi connectivity index (χ0) is 20.1. The first-order valence-corrected chi connectivity index (χ1v) is 8.78. The molecule has 2 aromatic carbocycles. The standard InChI is InChI=1S/C21H21N5O2/c1-13-6-4-5-7-18(13)26-21(28)19-12-20(23-14(2)22-19)25-17-10-8-16(9-11-17)24-15(3)27/h4-12H,1-3H3,(H,24,27)(H,26,28)(H,22,23,25). The van der Waals surface area contributed by atoms with E-state index in [1.165, 1.54) is 6.92 Å². The van der Waals surface area contributed by atoms with Gasteiger partial charge in [-0.25, -0.2) is 9.97 Å². The Kier molecular flexibility index (Phi) is 5.64. The molecule has 7 nitrogen and oxygen atoms in total. The molecule has 0 fully saturated rings. The molecule has 0 spiro atoms. The molecular formula is C21H21N5O2. The van der Waals surface area contributed by atoms with E-state index >= 15 is 0 Å². The van der Waals surface area contributed by atoms with E-state index in [0.29, 0.717) is 17.3 Å². The fourth-order valence-corrected chi connectivity index (χ4v) is 2.64. The fourth-order valence-electron chi connectivity index (χ4n) is 2.64. The maximum atomic E-state index is 12.6. The average molecular weight is 375 g/mol. The lowest BCUT2D eigenvalue weighted by atomic mass is 10.2. The molecule has 28 heavy (non-hydrogen) atoms. The number of amides is 2. The predicted octanol–water partition coefficient (Wildman–Crippen LogP) is 4.05. The van der Waals surface area contributed by atoms with Gasteiger partial charge in [0, 0.05) is 30.1 Å². The monoisotopic (exact) mass is 375 g/mol. The van der Waals surface area contributed by atoms with Crippen LogP contribution in [0, 0.1) is 13.8 Å². The molecule has 0 aliphatic rings. The summed E-state index contributed by atoms with van der Waals surface area (Å²) in [5.74, 6) is 0.560. The number of benzene rings is 2. The van der Waals surface area contributed by atoms with Gasteiger partial charge in [0.15, 0.2) is 0 Å².